The summed E-state index contributed by atoms with van der Waals surface area (Å²) in [6.07, 6.45) is -2.76. The highest BCUT2D eigenvalue weighted by Crippen LogP contribution is 2.30. The Hall–Kier alpha value is -4.16. The van der Waals surface area contributed by atoms with Crippen LogP contribution in [0.3, 0.4) is 0 Å². The molecule has 0 atom stereocenters. The number of carbonyl (C=O) groups is 1. The van der Waals surface area contributed by atoms with Gasteiger partial charge in [-0.2, -0.15) is 18.3 Å². The van der Waals surface area contributed by atoms with Crippen molar-refractivity contribution in [2.45, 2.75) is 46.1 Å². The van der Waals surface area contributed by atoms with Crippen LogP contribution in [0.25, 0.3) is 22.6 Å². The van der Waals surface area contributed by atoms with Crippen molar-refractivity contribution in [3.63, 3.8) is 0 Å². The molecular weight excluding hydrogens is 469 g/mol. The predicted molar refractivity (Wildman–Crippen MR) is 119 cm³/mol. The van der Waals surface area contributed by atoms with Crippen molar-refractivity contribution in [1.82, 2.24) is 28.5 Å². The van der Waals surface area contributed by atoms with Crippen LogP contribution in [0.5, 0.6) is 0 Å². The Labute approximate surface area is 195 Å². The van der Waals surface area contributed by atoms with Crippen LogP contribution >= 0.6 is 0 Å². The SMILES string of the molecule is CCCn1c(=O)c2c(nc(-c3cnn(Cc4cccc(C(F)(F)F)c4)c3)n2C(=O)O)n(CC)c1=O. The molecule has 0 aliphatic carbocycles. The molecule has 35 heavy (non-hydrogen) atoms. The molecule has 1 aromatic carbocycles. The van der Waals surface area contributed by atoms with Gasteiger partial charge >= 0.3 is 18.0 Å². The number of alkyl halides is 3. The molecule has 10 nitrogen and oxygen atoms in total. The van der Waals surface area contributed by atoms with E-state index in [1.165, 1.54) is 33.8 Å². The maximum atomic E-state index is 13.0. The van der Waals surface area contributed by atoms with Gasteiger partial charge in [0.05, 0.1) is 23.9 Å². The van der Waals surface area contributed by atoms with Gasteiger partial charge in [0.15, 0.2) is 17.0 Å². The molecule has 1 N–H and O–H groups in total. The van der Waals surface area contributed by atoms with Gasteiger partial charge in [-0.05, 0) is 31.0 Å². The molecule has 3 aromatic heterocycles. The molecule has 0 radical (unpaired) electrons. The molecule has 4 rings (SSSR count). The number of aryl methyl sites for hydroxylation is 1. The van der Waals surface area contributed by atoms with Gasteiger partial charge in [-0.25, -0.2) is 19.1 Å². The second kappa shape index (κ2) is 8.89. The lowest BCUT2D eigenvalue weighted by atomic mass is 10.1. The summed E-state index contributed by atoms with van der Waals surface area (Å²) in [6, 6.07) is 4.77. The first-order chi connectivity index (χ1) is 16.6. The van der Waals surface area contributed by atoms with Crippen molar-refractivity contribution in [2.75, 3.05) is 0 Å². The number of fused-ring (bicyclic) bond motifs is 1. The number of hydrogen-bond acceptors (Lipinski definition) is 5. The van der Waals surface area contributed by atoms with Crippen LogP contribution in [-0.4, -0.2) is 39.7 Å². The Bertz CT molecular complexity index is 1540. The summed E-state index contributed by atoms with van der Waals surface area (Å²) < 4.78 is 43.3. The number of hydrogen-bond donors (Lipinski definition) is 1. The molecule has 3 heterocycles. The number of aromatic nitrogens is 6. The van der Waals surface area contributed by atoms with Crippen LogP contribution in [0.1, 0.15) is 31.4 Å². The lowest BCUT2D eigenvalue weighted by Gasteiger charge is -2.09. The molecular formula is C22H21F3N6O4. The van der Waals surface area contributed by atoms with Gasteiger partial charge in [-0.3, -0.25) is 18.6 Å². The van der Waals surface area contributed by atoms with Crippen molar-refractivity contribution in [2.24, 2.45) is 0 Å². The van der Waals surface area contributed by atoms with Gasteiger partial charge in [0.2, 0.25) is 0 Å². The fourth-order valence-electron chi connectivity index (χ4n) is 3.92. The number of imidazole rings is 1. The van der Waals surface area contributed by atoms with E-state index in [0.717, 1.165) is 16.7 Å². The van der Waals surface area contributed by atoms with Crippen LogP contribution < -0.4 is 11.2 Å². The number of benzene rings is 1. The van der Waals surface area contributed by atoms with Crippen LogP contribution in [0.4, 0.5) is 18.0 Å². The van der Waals surface area contributed by atoms with Gasteiger partial charge in [0, 0.05) is 19.3 Å². The third kappa shape index (κ3) is 4.24. The van der Waals surface area contributed by atoms with Gasteiger partial charge < -0.3 is 5.11 Å². The fourth-order valence-corrected chi connectivity index (χ4v) is 3.92. The van der Waals surface area contributed by atoms with E-state index in [4.69, 9.17) is 0 Å². The average molecular weight is 490 g/mol. The smallest absolute Gasteiger partial charge is 0.418 e. The molecule has 0 amide bonds. The zero-order valence-corrected chi connectivity index (χ0v) is 18.8. The predicted octanol–water partition coefficient (Wildman–Crippen LogP) is 3.25. The van der Waals surface area contributed by atoms with Gasteiger partial charge in [0.1, 0.15) is 0 Å². The summed E-state index contributed by atoms with van der Waals surface area (Å²) in [5.74, 6) is -0.129. The average Bonchev–Trinajstić information content (AvgIpc) is 3.41. The molecule has 0 unspecified atom stereocenters. The van der Waals surface area contributed by atoms with Crippen molar-refractivity contribution in [3.8, 4) is 11.4 Å². The van der Waals surface area contributed by atoms with Crippen molar-refractivity contribution in [1.29, 1.82) is 0 Å². The molecule has 4 aromatic rings. The Balaban J connectivity index is 1.84. The van der Waals surface area contributed by atoms with E-state index in [0.29, 0.717) is 16.6 Å². The number of rotatable bonds is 6. The Kier molecular flexibility index (Phi) is 6.09. The summed E-state index contributed by atoms with van der Waals surface area (Å²) in [5.41, 5.74) is -1.93. The van der Waals surface area contributed by atoms with E-state index in [1.807, 2.05) is 0 Å². The first-order valence-electron chi connectivity index (χ1n) is 10.7. The highest BCUT2D eigenvalue weighted by atomic mass is 19.4. The van der Waals surface area contributed by atoms with E-state index < -0.39 is 29.1 Å². The first kappa shape index (κ1) is 24.0. The number of carboxylic acid groups (broad SMARTS) is 1. The zero-order chi connectivity index (χ0) is 25.5. The monoisotopic (exact) mass is 490 g/mol. The third-order valence-electron chi connectivity index (χ3n) is 5.47. The normalized spacial score (nSPS) is 11.9. The summed E-state index contributed by atoms with van der Waals surface area (Å²) in [7, 11) is 0. The van der Waals surface area contributed by atoms with E-state index in [9.17, 15) is 32.7 Å². The summed E-state index contributed by atoms with van der Waals surface area (Å²) >= 11 is 0. The zero-order valence-electron chi connectivity index (χ0n) is 18.8. The summed E-state index contributed by atoms with van der Waals surface area (Å²) in [5, 5.41) is 14.0. The highest BCUT2D eigenvalue weighted by Gasteiger charge is 2.30. The molecule has 0 saturated heterocycles. The summed E-state index contributed by atoms with van der Waals surface area (Å²) in [4.78, 5) is 42.3. The van der Waals surface area contributed by atoms with Crippen LogP contribution in [0.15, 0.2) is 46.2 Å². The maximum absolute atomic E-state index is 13.0. The van der Waals surface area contributed by atoms with Crippen LogP contribution in [0.2, 0.25) is 0 Å². The minimum absolute atomic E-state index is 0.0137. The van der Waals surface area contributed by atoms with E-state index in [2.05, 4.69) is 10.1 Å². The standard InChI is InChI=1S/C22H21F3N6O4/c1-3-8-30-19(32)16-18(29(4-2)20(30)33)27-17(31(16)21(34)35)14-10-26-28(12-14)11-13-6-5-7-15(9-13)22(23,24)25/h5-7,9-10,12H,3-4,8,11H2,1-2H3,(H,34,35). The molecule has 13 heteroatoms. The lowest BCUT2D eigenvalue weighted by Crippen LogP contribution is -2.40. The summed E-state index contributed by atoms with van der Waals surface area (Å²) in [6.45, 7) is 3.71. The minimum atomic E-state index is -4.49. The van der Waals surface area contributed by atoms with Gasteiger partial charge in [0.25, 0.3) is 5.56 Å². The second-order valence-corrected chi connectivity index (χ2v) is 7.83. The Morgan fingerprint density at radius 1 is 1.14 bits per heavy atom. The van der Waals surface area contributed by atoms with Crippen molar-refractivity contribution in [3.05, 3.63) is 68.6 Å². The lowest BCUT2D eigenvalue weighted by molar-refractivity contribution is -0.137. The largest absolute Gasteiger partial charge is 0.464 e. The Morgan fingerprint density at radius 2 is 1.89 bits per heavy atom. The topological polar surface area (TPSA) is 117 Å². The van der Waals surface area contributed by atoms with Gasteiger partial charge in [-0.1, -0.05) is 19.1 Å². The molecule has 0 spiro atoms. The third-order valence-corrected chi connectivity index (χ3v) is 5.47. The molecule has 184 valence electrons. The quantitative estimate of drug-likeness (QED) is 0.444. The van der Waals surface area contributed by atoms with Gasteiger partial charge in [-0.15, -0.1) is 0 Å². The molecule has 0 bridgehead atoms. The highest BCUT2D eigenvalue weighted by molar-refractivity contribution is 5.89. The molecule has 0 aliphatic heterocycles. The molecule has 0 fully saturated rings. The maximum Gasteiger partial charge on any atom is 0.418 e. The van der Waals surface area contributed by atoms with Crippen molar-refractivity contribution >= 4 is 17.3 Å². The molecule has 0 saturated carbocycles. The number of halogens is 3. The van der Waals surface area contributed by atoms with Crippen molar-refractivity contribution < 1.29 is 23.1 Å². The Morgan fingerprint density at radius 3 is 2.51 bits per heavy atom. The van der Waals surface area contributed by atoms with E-state index >= 15 is 0 Å². The second-order valence-electron chi connectivity index (χ2n) is 7.83. The first-order valence-corrected chi connectivity index (χ1v) is 10.7. The number of nitrogens with zero attached hydrogens (tertiary/aromatic N) is 6. The molecule has 0 aliphatic rings. The van der Waals surface area contributed by atoms with Crippen LogP contribution in [-0.2, 0) is 25.8 Å². The van der Waals surface area contributed by atoms with E-state index in [-0.39, 0.29) is 42.2 Å². The van der Waals surface area contributed by atoms with E-state index in [1.54, 1.807) is 13.8 Å². The fraction of sp³-hybridized carbons (Fsp3) is 0.318. The minimum Gasteiger partial charge on any atom is -0.464 e. The van der Waals surface area contributed by atoms with Crippen LogP contribution in [0, 0.1) is 0 Å².